The summed E-state index contributed by atoms with van der Waals surface area (Å²) in [4.78, 5) is 0. The number of rotatable bonds is 6. The molecule has 0 bridgehead atoms. The summed E-state index contributed by atoms with van der Waals surface area (Å²) in [5.41, 5.74) is 0.448. The molecule has 8 aliphatic rings. The van der Waals surface area contributed by atoms with Crippen LogP contribution < -0.4 is 0 Å². The van der Waals surface area contributed by atoms with Gasteiger partial charge in [-0.25, -0.2) is 0 Å². The van der Waals surface area contributed by atoms with Gasteiger partial charge in [-0.2, -0.15) is 0 Å². The number of hydrogen-bond donors (Lipinski definition) is 7. The van der Waals surface area contributed by atoms with Gasteiger partial charge in [-0.15, -0.1) is 0 Å². The molecular formula is C39H64O13. The van der Waals surface area contributed by atoms with Crippen molar-refractivity contribution in [2.75, 3.05) is 19.8 Å². The molecule has 52 heavy (non-hydrogen) atoms. The summed E-state index contributed by atoms with van der Waals surface area (Å²) in [6, 6.07) is 0. The molecule has 1 spiro atoms. The summed E-state index contributed by atoms with van der Waals surface area (Å²) in [6.45, 7) is 9.32. The van der Waals surface area contributed by atoms with Crippen LogP contribution in [0.15, 0.2) is 0 Å². The van der Waals surface area contributed by atoms with E-state index < -0.39 is 80.4 Å². The van der Waals surface area contributed by atoms with Crippen molar-refractivity contribution in [3.8, 4) is 0 Å². The van der Waals surface area contributed by atoms with Gasteiger partial charge in [-0.3, -0.25) is 0 Å². The summed E-state index contributed by atoms with van der Waals surface area (Å²) in [5, 5.41) is 73.0. The van der Waals surface area contributed by atoms with Crippen LogP contribution in [0.3, 0.4) is 0 Å². The zero-order valence-corrected chi connectivity index (χ0v) is 31.2. The molecule has 0 aromatic rings. The van der Waals surface area contributed by atoms with E-state index in [0.29, 0.717) is 41.4 Å². The molecule has 7 N–H and O–H groups in total. The van der Waals surface area contributed by atoms with Gasteiger partial charge in [-0.05, 0) is 104 Å². The van der Waals surface area contributed by atoms with Crippen molar-refractivity contribution in [3.05, 3.63) is 0 Å². The summed E-state index contributed by atoms with van der Waals surface area (Å²) in [5.74, 6) is 3.57. The van der Waals surface area contributed by atoms with Crippen molar-refractivity contribution in [1.82, 2.24) is 0 Å². The first kappa shape index (κ1) is 38.4. The van der Waals surface area contributed by atoms with Crippen molar-refractivity contribution in [3.63, 3.8) is 0 Å². The van der Waals surface area contributed by atoms with Gasteiger partial charge in [0.1, 0.15) is 48.8 Å². The first-order valence-electron chi connectivity index (χ1n) is 20.3. The molecule has 8 fully saturated rings. The van der Waals surface area contributed by atoms with E-state index in [4.69, 9.17) is 28.4 Å². The fourth-order valence-electron chi connectivity index (χ4n) is 13.2. The van der Waals surface area contributed by atoms with Gasteiger partial charge in [0, 0.05) is 12.3 Å². The third-order valence-electron chi connectivity index (χ3n) is 16.2. The van der Waals surface area contributed by atoms with E-state index in [9.17, 15) is 35.7 Å². The van der Waals surface area contributed by atoms with Gasteiger partial charge < -0.3 is 64.2 Å². The standard InChI is InChI=1S/C39H64O13/c1-18-7-12-39(47-17-18)19(2)28-25(52-39)14-24-22-6-5-20-13-21(8-10-37(20,3)23(22)9-11-38(24,28)4)48-36-33(46)34(30(43)27(16-41)50-36)51-35-32(45)31(44)29(42)26(15-40)49-35/h18-36,40-46H,5-17H2,1-4H3/t18-,19-,20+,21-,22+,23-,24-,25-,26+,27+,28-,29+,30+,31-,32+,33+,34-,35-,36+,37-,38-,39+/m0/s1. The Hall–Kier alpha value is -0.520. The number of aliphatic hydroxyl groups is 7. The van der Waals surface area contributed by atoms with Crippen molar-refractivity contribution in [1.29, 1.82) is 0 Å². The molecule has 4 heterocycles. The molecule has 22 atom stereocenters. The predicted octanol–water partition coefficient (Wildman–Crippen LogP) is 1.44. The van der Waals surface area contributed by atoms with Crippen LogP contribution in [0, 0.1) is 52.3 Å². The lowest BCUT2D eigenvalue weighted by atomic mass is 9.44. The van der Waals surface area contributed by atoms with E-state index >= 15 is 0 Å². The fraction of sp³-hybridized carbons (Fsp3) is 1.00. The minimum atomic E-state index is -1.72. The van der Waals surface area contributed by atoms with Crippen LogP contribution in [-0.2, 0) is 28.4 Å². The van der Waals surface area contributed by atoms with Gasteiger partial charge in [0.2, 0.25) is 0 Å². The van der Waals surface area contributed by atoms with Crippen LogP contribution >= 0.6 is 0 Å². The molecule has 8 rings (SSSR count). The van der Waals surface area contributed by atoms with Crippen LogP contribution in [0.25, 0.3) is 0 Å². The first-order chi connectivity index (χ1) is 24.7. The minimum Gasteiger partial charge on any atom is -0.394 e. The number of fused-ring (bicyclic) bond motifs is 7. The number of aliphatic hydroxyl groups excluding tert-OH is 7. The Kier molecular flexibility index (Phi) is 10.4. The Bertz CT molecular complexity index is 1260. The lowest BCUT2D eigenvalue weighted by molar-refractivity contribution is -0.365. The Labute approximate surface area is 307 Å². The third-order valence-corrected chi connectivity index (χ3v) is 16.2. The second-order valence-corrected chi connectivity index (χ2v) is 18.7. The third kappa shape index (κ3) is 5.98. The van der Waals surface area contributed by atoms with Gasteiger partial charge >= 0.3 is 0 Å². The molecule has 0 aromatic carbocycles. The normalized spacial score (nSPS) is 59.0. The number of hydrogen-bond acceptors (Lipinski definition) is 13. The summed E-state index contributed by atoms with van der Waals surface area (Å²) < 4.78 is 37.1. The van der Waals surface area contributed by atoms with Crippen LogP contribution in [0.1, 0.15) is 91.9 Å². The quantitative estimate of drug-likeness (QED) is 0.194. The van der Waals surface area contributed by atoms with Gasteiger partial charge in [0.15, 0.2) is 18.4 Å². The highest BCUT2D eigenvalue weighted by Crippen LogP contribution is 2.71. The SMILES string of the molecule is C[C@H]1CC[C@@]2(OC1)O[C@H]1C[C@H]3[C@@H]4CC[C@@H]5C[C@@H](O[C@@H]6O[C@H](CO)[C@@H](O)[C@H](O[C@@H]7O[C@H](CO)[C@@H](O)[C@H](O)[C@H]7O)[C@H]6O)CC[C@]5(C)[C@H]4CC[C@]3(C)[C@H]1[C@@H]2C. The Morgan fingerprint density at radius 1 is 0.673 bits per heavy atom. The lowest BCUT2D eigenvalue weighted by Gasteiger charge is -2.61. The first-order valence-corrected chi connectivity index (χ1v) is 20.3. The Morgan fingerprint density at radius 3 is 2.06 bits per heavy atom. The van der Waals surface area contributed by atoms with E-state index in [1.807, 2.05) is 0 Å². The molecule has 0 unspecified atom stereocenters. The maximum absolute atomic E-state index is 11.4. The molecule has 4 aliphatic carbocycles. The van der Waals surface area contributed by atoms with Crippen LogP contribution in [-0.4, -0.2) is 135 Å². The van der Waals surface area contributed by atoms with E-state index in [2.05, 4.69) is 27.7 Å². The molecule has 4 aliphatic heterocycles. The van der Waals surface area contributed by atoms with Gasteiger partial charge in [-0.1, -0.05) is 27.7 Å². The average Bonchev–Trinajstić information content (AvgIpc) is 3.58. The Balaban J connectivity index is 0.917. The average molecular weight is 741 g/mol. The van der Waals surface area contributed by atoms with Crippen molar-refractivity contribution in [2.24, 2.45) is 52.3 Å². The summed E-state index contributed by atoms with van der Waals surface area (Å²) >= 11 is 0. The topological polar surface area (TPSA) is 197 Å². The van der Waals surface area contributed by atoms with E-state index in [1.54, 1.807) is 0 Å². The van der Waals surface area contributed by atoms with Gasteiger partial charge in [0.05, 0.1) is 32.0 Å². The zero-order chi connectivity index (χ0) is 36.9. The zero-order valence-electron chi connectivity index (χ0n) is 31.2. The monoisotopic (exact) mass is 740 g/mol. The minimum absolute atomic E-state index is 0.183. The molecule has 0 radical (unpaired) electrons. The highest BCUT2D eigenvalue weighted by Gasteiger charge is 2.69. The number of ether oxygens (including phenoxy) is 6. The van der Waals surface area contributed by atoms with Crippen molar-refractivity contribution >= 4 is 0 Å². The highest BCUT2D eigenvalue weighted by atomic mass is 16.7. The van der Waals surface area contributed by atoms with E-state index in [-0.39, 0.29) is 23.0 Å². The molecule has 0 amide bonds. The largest absolute Gasteiger partial charge is 0.394 e. The van der Waals surface area contributed by atoms with Crippen LogP contribution in [0.2, 0.25) is 0 Å². The molecule has 4 saturated carbocycles. The van der Waals surface area contributed by atoms with Crippen LogP contribution in [0.5, 0.6) is 0 Å². The second-order valence-electron chi connectivity index (χ2n) is 18.7. The lowest BCUT2D eigenvalue weighted by Crippen LogP contribution is -2.65. The second kappa shape index (κ2) is 14.1. The maximum Gasteiger partial charge on any atom is 0.187 e. The van der Waals surface area contributed by atoms with Crippen molar-refractivity contribution in [2.45, 2.75) is 171 Å². The molecule has 0 aromatic heterocycles. The van der Waals surface area contributed by atoms with Crippen LogP contribution in [0.4, 0.5) is 0 Å². The molecule has 4 saturated heterocycles. The van der Waals surface area contributed by atoms with Gasteiger partial charge in [0.25, 0.3) is 0 Å². The van der Waals surface area contributed by atoms with Crippen molar-refractivity contribution < 1.29 is 64.2 Å². The smallest absolute Gasteiger partial charge is 0.187 e. The molecule has 298 valence electrons. The van der Waals surface area contributed by atoms with E-state index in [1.165, 1.54) is 25.7 Å². The van der Waals surface area contributed by atoms with E-state index in [0.717, 1.165) is 45.1 Å². The highest BCUT2D eigenvalue weighted by molar-refractivity contribution is 5.15. The Morgan fingerprint density at radius 2 is 1.37 bits per heavy atom. The molecule has 13 heteroatoms. The summed E-state index contributed by atoms with van der Waals surface area (Å²) in [6.07, 6.45) is -3.83. The fourth-order valence-corrected chi connectivity index (χ4v) is 13.2. The maximum atomic E-state index is 11.4. The predicted molar refractivity (Wildman–Crippen MR) is 183 cm³/mol. The molecular weight excluding hydrogens is 676 g/mol. The molecule has 13 nitrogen and oxygen atoms in total. The summed E-state index contributed by atoms with van der Waals surface area (Å²) in [7, 11) is 0.